The fourth-order valence-corrected chi connectivity index (χ4v) is 3.35. The molecule has 2 N–H and O–H groups in total. The normalized spacial score (nSPS) is 11.2. The first-order valence-electron chi connectivity index (χ1n) is 6.02. The highest BCUT2D eigenvalue weighted by atomic mass is 35.5. The van der Waals surface area contributed by atoms with Crippen LogP contribution in [-0.2, 0) is 16.6 Å². The number of hydrogen-bond acceptors (Lipinski definition) is 4. The molecule has 5 nitrogen and oxygen atoms in total. The molecule has 7 heteroatoms. The molecule has 21 heavy (non-hydrogen) atoms. The van der Waals surface area contributed by atoms with Gasteiger partial charge in [0.15, 0.2) is 0 Å². The Hall–Kier alpha value is -1.76. The van der Waals surface area contributed by atoms with E-state index >= 15 is 0 Å². The van der Waals surface area contributed by atoms with Gasteiger partial charge in [-0.3, -0.25) is 4.72 Å². The zero-order chi connectivity index (χ0) is 15.5. The Bertz CT molecular complexity index is 746. The third-order valence-corrected chi connectivity index (χ3v) is 4.65. The molecule has 0 heterocycles. The summed E-state index contributed by atoms with van der Waals surface area (Å²) in [6.07, 6.45) is 0. The molecule has 0 bridgehead atoms. The monoisotopic (exact) mass is 327 g/mol. The molecule has 0 aromatic heterocycles. The molecular weight excluding hydrogens is 314 g/mol. The number of anilines is 1. The van der Waals surface area contributed by atoms with Gasteiger partial charge in [-0.05, 0) is 29.8 Å². The van der Waals surface area contributed by atoms with E-state index in [0.29, 0.717) is 17.0 Å². The number of rotatable bonds is 5. The van der Waals surface area contributed by atoms with Crippen LogP contribution in [0.5, 0.6) is 5.75 Å². The molecule has 0 amide bonds. The first-order valence-corrected chi connectivity index (χ1v) is 7.88. The third-order valence-electron chi connectivity index (χ3n) is 2.79. The van der Waals surface area contributed by atoms with E-state index in [1.54, 1.807) is 30.3 Å². The molecule has 2 rings (SSSR count). The SMILES string of the molecule is COc1cccc(NS(=O)(=O)c2cc(CO)ccc2Cl)c1. The van der Waals surface area contributed by atoms with Gasteiger partial charge in [0, 0.05) is 6.07 Å². The predicted octanol–water partition coefficient (Wildman–Crippen LogP) is 2.64. The second kappa shape index (κ2) is 6.34. The number of halogens is 1. The highest BCUT2D eigenvalue weighted by Gasteiger charge is 2.18. The molecular formula is C14H14ClNO4S. The van der Waals surface area contributed by atoms with E-state index in [2.05, 4.69) is 4.72 Å². The van der Waals surface area contributed by atoms with Crippen molar-refractivity contribution in [2.75, 3.05) is 11.8 Å². The van der Waals surface area contributed by atoms with Crippen LogP contribution in [0.25, 0.3) is 0 Å². The second-order valence-electron chi connectivity index (χ2n) is 4.26. The molecule has 0 aliphatic rings. The smallest absolute Gasteiger partial charge is 0.263 e. The first-order chi connectivity index (χ1) is 9.96. The van der Waals surface area contributed by atoms with Gasteiger partial charge in [-0.1, -0.05) is 23.7 Å². The van der Waals surface area contributed by atoms with Crippen LogP contribution < -0.4 is 9.46 Å². The van der Waals surface area contributed by atoms with Gasteiger partial charge in [0.25, 0.3) is 10.0 Å². The minimum Gasteiger partial charge on any atom is -0.497 e. The second-order valence-corrected chi connectivity index (χ2v) is 6.32. The summed E-state index contributed by atoms with van der Waals surface area (Å²) >= 11 is 5.94. The largest absolute Gasteiger partial charge is 0.497 e. The van der Waals surface area contributed by atoms with Crippen molar-refractivity contribution >= 4 is 27.3 Å². The van der Waals surface area contributed by atoms with Crippen molar-refractivity contribution in [3.63, 3.8) is 0 Å². The van der Waals surface area contributed by atoms with E-state index in [0.717, 1.165) is 0 Å². The molecule has 0 radical (unpaired) electrons. The van der Waals surface area contributed by atoms with Crippen molar-refractivity contribution in [3.05, 3.63) is 53.1 Å². The summed E-state index contributed by atoms with van der Waals surface area (Å²) in [4.78, 5) is -0.0847. The van der Waals surface area contributed by atoms with Gasteiger partial charge in [0.1, 0.15) is 10.6 Å². The average Bonchev–Trinajstić information content (AvgIpc) is 2.47. The van der Waals surface area contributed by atoms with Crippen LogP contribution in [0.2, 0.25) is 5.02 Å². The third kappa shape index (κ3) is 3.66. The van der Waals surface area contributed by atoms with E-state index in [-0.39, 0.29) is 16.5 Å². The van der Waals surface area contributed by atoms with Gasteiger partial charge >= 0.3 is 0 Å². The lowest BCUT2D eigenvalue weighted by Crippen LogP contribution is -2.14. The number of hydrogen-bond donors (Lipinski definition) is 2. The van der Waals surface area contributed by atoms with Gasteiger partial charge in [0.2, 0.25) is 0 Å². The van der Waals surface area contributed by atoms with Crippen LogP contribution in [0, 0.1) is 0 Å². The number of nitrogens with one attached hydrogen (secondary N) is 1. The van der Waals surface area contributed by atoms with Crippen LogP contribution >= 0.6 is 11.6 Å². The number of methoxy groups -OCH3 is 1. The summed E-state index contributed by atoms with van der Waals surface area (Å²) in [6, 6.07) is 10.9. The lowest BCUT2D eigenvalue weighted by Gasteiger charge is -2.11. The standard InChI is InChI=1S/C14H14ClNO4S/c1-20-12-4-2-3-11(8-12)16-21(18,19)14-7-10(9-17)5-6-13(14)15/h2-8,16-17H,9H2,1H3. The fourth-order valence-electron chi connectivity index (χ4n) is 1.75. The lowest BCUT2D eigenvalue weighted by atomic mass is 10.2. The van der Waals surface area contributed by atoms with Crippen molar-refractivity contribution in [1.29, 1.82) is 0 Å². The van der Waals surface area contributed by atoms with E-state index in [9.17, 15) is 8.42 Å². The molecule has 0 fully saturated rings. The molecule has 0 aliphatic heterocycles. The summed E-state index contributed by atoms with van der Waals surface area (Å²) < 4.78 is 32.2. The quantitative estimate of drug-likeness (QED) is 0.885. The summed E-state index contributed by atoms with van der Waals surface area (Å²) in [5.41, 5.74) is 0.824. The van der Waals surface area contributed by atoms with E-state index < -0.39 is 10.0 Å². The maximum Gasteiger partial charge on any atom is 0.263 e. The molecule has 0 unspecified atom stereocenters. The molecule has 2 aromatic rings. The summed E-state index contributed by atoms with van der Waals surface area (Å²) in [5, 5.41) is 9.19. The minimum absolute atomic E-state index is 0.0847. The van der Waals surface area contributed by atoms with E-state index in [4.69, 9.17) is 21.4 Å². The highest BCUT2D eigenvalue weighted by molar-refractivity contribution is 7.92. The number of aliphatic hydroxyl groups is 1. The number of aliphatic hydroxyl groups excluding tert-OH is 1. The zero-order valence-electron chi connectivity index (χ0n) is 11.2. The Balaban J connectivity index is 2.38. The minimum atomic E-state index is -3.85. The van der Waals surface area contributed by atoms with Crippen LogP contribution in [0.4, 0.5) is 5.69 Å². The summed E-state index contributed by atoms with van der Waals surface area (Å²) in [5.74, 6) is 0.533. The Morgan fingerprint density at radius 3 is 2.67 bits per heavy atom. The lowest BCUT2D eigenvalue weighted by molar-refractivity contribution is 0.281. The zero-order valence-corrected chi connectivity index (χ0v) is 12.8. The van der Waals surface area contributed by atoms with Gasteiger partial charge in [0.05, 0.1) is 24.4 Å². The van der Waals surface area contributed by atoms with E-state index in [1.165, 1.54) is 19.2 Å². The Morgan fingerprint density at radius 1 is 1.24 bits per heavy atom. The fraction of sp³-hybridized carbons (Fsp3) is 0.143. The van der Waals surface area contributed by atoms with Crippen LogP contribution in [0.3, 0.4) is 0 Å². The molecule has 0 atom stereocenters. The molecule has 0 aliphatic carbocycles. The Morgan fingerprint density at radius 2 is 2.00 bits per heavy atom. The molecule has 112 valence electrons. The molecule has 2 aromatic carbocycles. The topological polar surface area (TPSA) is 75.6 Å². The maximum atomic E-state index is 12.4. The summed E-state index contributed by atoms with van der Waals surface area (Å²) in [6.45, 7) is -0.265. The van der Waals surface area contributed by atoms with Gasteiger partial charge < -0.3 is 9.84 Å². The first kappa shape index (κ1) is 15.6. The van der Waals surface area contributed by atoms with Gasteiger partial charge in [-0.25, -0.2) is 8.42 Å². The highest BCUT2D eigenvalue weighted by Crippen LogP contribution is 2.26. The van der Waals surface area contributed by atoms with Crippen LogP contribution in [-0.4, -0.2) is 20.6 Å². The van der Waals surface area contributed by atoms with Crippen molar-refractivity contribution in [1.82, 2.24) is 0 Å². The number of benzene rings is 2. The van der Waals surface area contributed by atoms with Gasteiger partial charge in [-0.2, -0.15) is 0 Å². The van der Waals surface area contributed by atoms with Crippen molar-refractivity contribution in [2.45, 2.75) is 11.5 Å². The maximum absolute atomic E-state index is 12.4. The summed E-state index contributed by atoms with van der Waals surface area (Å²) in [7, 11) is -2.35. The average molecular weight is 328 g/mol. The van der Waals surface area contributed by atoms with Crippen LogP contribution in [0.15, 0.2) is 47.4 Å². The van der Waals surface area contributed by atoms with E-state index in [1.807, 2.05) is 0 Å². The molecule has 0 saturated heterocycles. The van der Waals surface area contributed by atoms with Crippen molar-refractivity contribution < 1.29 is 18.3 Å². The van der Waals surface area contributed by atoms with Crippen molar-refractivity contribution in [3.8, 4) is 5.75 Å². The Kier molecular flexibility index (Phi) is 4.72. The van der Waals surface area contributed by atoms with Gasteiger partial charge in [-0.15, -0.1) is 0 Å². The van der Waals surface area contributed by atoms with Crippen molar-refractivity contribution in [2.24, 2.45) is 0 Å². The molecule has 0 saturated carbocycles. The number of ether oxygens (including phenoxy) is 1. The van der Waals surface area contributed by atoms with Crippen LogP contribution in [0.1, 0.15) is 5.56 Å². The number of sulfonamides is 1. The molecule has 0 spiro atoms. The Labute approximate surface area is 128 Å². The predicted molar refractivity (Wildman–Crippen MR) is 81.2 cm³/mol.